The highest BCUT2D eigenvalue weighted by Gasteiger charge is 2.50. The average molecular weight is 908 g/mol. The van der Waals surface area contributed by atoms with Crippen molar-refractivity contribution in [1.82, 2.24) is 0 Å². The van der Waals surface area contributed by atoms with E-state index in [4.69, 9.17) is 4.42 Å². The fraction of sp³-hybridized carbons (Fsp3) is 0.391. The molecular formula is C64H70BN3O. The molecule has 0 radical (unpaired) electrons. The number of furan rings is 1. The standard InChI is InChI=1S/C64H70BN3O/c1-38-29-41(59(2,3)4)21-23-50(38)68-54-31-39(37-66)30-53-56(54)65(58-57(68)44-32-42(60(5,6)7)22-24-55(44)69-58)49-34-46-48(64(14,15)28-26-62(46,10)11)36-52(49)67(53)51-35-47-45(61(8,9)25-27-63(47,12)13)33-43(51)40-19-17-16-18-20-40/h16-24,29-36H,25-28H2,1-15H3. The van der Waals surface area contributed by atoms with Crippen LogP contribution >= 0.6 is 0 Å². The number of aryl methyl sites for hydroxylation is 1. The quantitative estimate of drug-likeness (QED) is 0.166. The number of nitriles is 1. The number of benzene rings is 6. The molecule has 3 heterocycles. The second-order valence-corrected chi connectivity index (χ2v) is 25.9. The minimum absolute atomic E-state index is 0.0117. The number of anilines is 6. The second-order valence-electron chi connectivity index (χ2n) is 25.9. The van der Waals surface area contributed by atoms with Crippen LogP contribution < -0.4 is 26.4 Å². The van der Waals surface area contributed by atoms with Crippen molar-refractivity contribution in [2.45, 2.75) is 162 Å². The molecule has 6 aromatic carbocycles. The Morgan fingerprint density at radius 1 is 0.551 bits per heavy atom. The van der Waals surface area contributed by atoms with Crippen LogP contribution in [0.3, 0.4) is 0 Å². The van der Waals surface area contributed by atoms with Gasteiger partial charge in [-0.2, -0.15) is 5.26 Å². The summed E-state index contributed by atoms with van der Waals surface area (Å²) in [5, 5.41) is 12.4. The van der Waals surface area contributed by atoms with E-state index in [1.54, 1.807) is 0 Å². The maximum Gasteiger partial charge on any atom is 0.297 e. The van der Waals surface area contributed by atoms with E-state index in [-0.39, 0.29) is 39.2 Å². The molecule has 0 fully saturated rings. The van der Waals surface area contributed by atoms with E-state index < -0.39 is 0 Å². The van der Waals surface area contributed by atoms with Gasteiger partial charge in [0.15, 0.2) is 0 Å². The molecule has 0 saturated heterocycles. The Kier molecular flexibility index (Phi) is 9.73. The predicted molar refractivity (Wildman–Crippen MR) is 293 cm³/mol. The van der Waals surface area contributed by atoms with Gasteiger partial charge in [0.2, 0.25) is 0 Å². The highest BCUT2D eigenvalue weighted by Crippen LogP contribution is 2.55. The third kappa shape index (κ3) is 6.89. The van der Waals surface area contributed by atoms with Crippen molar-refractivity contribution in [3.63, 3.8) is 0 Å². The first kappa shape index (κ1) is 45.5. The van der Waals surface area contributed by atoms with E-state index in [2.05, 4.69) is 223 Å². The molecule has 0 amide bonds. The molecule has 0 saturated carbocycles. The SMILES string of the molecule is Cc1cc(C(C)(C)C)ccc1N1c2cc(C#N)cc3c2B(c2cc4c(cc2N3c2cc3c(cc2-c2ccccc2)C(C)(C)CCC3(C)C)C(C)(C)CCC4(C)C)c2oc3ccc(C(C)(C)C)cc3c21. The van der Waals surface area contributed by atoms with Crippen molar-refractivity contribution in [2.24, 2.45) is 0 Å². The zero-order valence-electron chi connectivity index (χ0n) is 44.0. The lowest BCUT2D eigenvalue weighted by atomic mass is 9.35. The average Bonchev–Trinajstić information content (AvgIpc) is 3.67. The summed E-state index contributed by atoms with van der Waals surface area (Å²) in [6.07, 6.45) is 4.47. The van der Waals surface area contributed by atoms with Gasteiger partial charge in [0.1, 0.15) is 5.58 Å². The third-order valence-electron chi connectivity index (χ3n) is 17.2. The first-order chi connectivity index (χ1) is 32.3. The van der Waals surface area contributed by atoms with E-state index in [9.17, 15) is 5.26 Å². The lowest BCUT2D eigenvalue weighted by molar-refractivity contribution is 0.332. The molecule has 1 aromatic heterocycles. The van der Waals surface area contributed by atoms with Crippen LogP contribution in [0.2, 0.25) is 0 Å². The summed E-state index contributed by atoms with van der Waals surface area (Å²) in [6, 6.07) is 42.1. The van der Waals surface area contributed by atoms with Crippen molar-refractivity contribution in [2.75, 3.05) is 9.80 Å². The lowest BCUT2D eigenvalue weighted by Crippen LogP contribution is -2.61. The summed E-state index contributed by atoms with van der Waals surface area (Å²) < 4.78 is 7.46. The Bertz CT molecular complexity index is 3340. The third-order valence-corrected chi connectivity index (χ3v) is 17.2. The van der Waals surface area contributed by atoms with Gasteiger partial charge in [-0.05, 0) is 169 Å². The second kappa shape index (κ2) is 14.8. The predicted octanol–water partition coefficient (Wildman–Crippen LogP) is 15.7. The zero-order chi connectivity index (χ0) is 49.1. The topological polar surface area (TPSA) is 43.4 Å². The summed E-state index contributed by atoms with van der Waals surface area (Å²) in [6.45, 7) is 35.2. The number of fused-ring (bicyclic) bond motifs is 8. The van der Waals surface area contributed by atoms with Crippen LogP contribution in [0.15, 0.2) is 108 Å². The molecule has 11 rings (SSSR count). The van der Waals surface area contributed by atoms with Crippen LogP contribution in [0, 0.1) is 18.3 Å². The van der Waals surface area contributed by atoms with Gasteiger partial charge in [0, 0.05) is 33.7 Å². The molecule has 69 heavy (non-hydrogen) atoms. The van der Waals surface area contributed by atoms with Crippen molar-refractivity contribution >= 4 is 68.4 Å². The molecule has 0 N–H and O–H groups in total. The highest BCUT2D eigenvalue weighted by molar-refractivity contribution is 7.00. The van der Waals surface area contributed by atoms with Gasteiger partial charge >= 0.3 is 0 Å². The largest absolute Gasteiger partial charge is 0.468 e. The van der Waals surface area contributed by atoms with E-state index in [1.165, 1.54) is 66.7 Å². The van der Waals surface area contributed by atoms with Gasteiger partial charge in [-0.25, -0.2) is 0 Å². The maximum atomic E-state index is 11.3. The molecule has 0 atom stereocenters. The van der Waals surface area contributed by atoms with Crippen molar-refractivity contribution in [3.05, 3.63) is 148 Å². The Morgan fingerprint density at radius 3 is 1.64 bits per heavy atom. The van der Waals surface area contributed by atoms with Gasteiger partial charge in [-0.3, -0.25) is 0 Å². The molecule has 4 aliphatic rings. The molecule has 2 aliphatic carbocycles. The number of nitrogens with zero attached hydrogens (tertiary/aromatic N) is 3. The zero-order valence-corrected chi connectivity index (χ0v) is 44.0. The number of hydrogen-bond acceptors (Lipinski definition) is 4. The van der Waals surface area contributed by atoms with Gasteiger partial charge in [0.05, 0.1) is 28.7 Å². The van der Waals surface area contributed by atoms with Crippen LogP contribution in [0.5, 0.6) is 0 Å². The van der Waals surface area contributed by atoms with Crippen molar-refractivity contribution in [1.29, 1.82) is 5.26 Å². The number of hydrogen-bond donors (Lipinski definition) is 0. The fourth-order valence-electron chi connectivity index (χ4n) is 12.6. The molecule has 0 unspecified atom stereocenters. The Balaban J connectivity index is 1.32. The summed E-state index contributed by atoms with van der Waals surface area (Å²) in [4.78, 5) is 5.06. The number of rotatable bonds is 3. The van der Waals surface area contributed by atoms with E-state index in [1.807, 2.05) is 0 Å². The van der Waals surface area contributed by atoms with Crippen LogP contribution in [-0.2, 0) is 32.5 Å². The minimum atomic E-state index is -0.237. The maximum absolute atomic E-state index is 11.3. The van der Waals surface area contributed by atoms with Gasteiger partial charge in [-0.1, -0.05) is 152 Å². The highest BCUT2D eigenvalue weighted by atomic mass is 16.3. The Labute approximate surface area is 412 Å². The molecule has 5 heteroatoms. The molecule has 350 valence electrons. The van der Waals surface area contributed by atoms with E-state index in [0.29, 0.717) is 5.56 Å². The van der Waals surface area contributed by atoms with E-state index in [0.717, 1.165) is 70.7 Å². The van der Waals surface area contributed by atoms with Crippen LogP contribution in [0.25, 0.3) is 22.1 Å². The molecule has 2 aliphatic heterocycles. The van der Waals surface area contributed by atoms with Crippen LogP contribution in [0.4, 0.5) is 34.1 Å². The summed E-state index contributed by atoms with van der Waals surface area (Å²) >= 11 is 0. The van der Waals surface area contributed by atoms with Gasteiger partial charge in [0.25, 0.3) is 6.71 Å². The van der Waals surface area contributed by atoms with Gasteiger partial charge < -0.3 is 14.2 Å². The molecular weight excluding hydrogens is 838 g/mol. The van der Waals surface area contributed by atoms with Crippen molar-refractivity contribution in [3.8, 4) is 17.2 Å². The normalized spacial score (nSPS) is 18.2. The molecule has 0 bridgehead atoms. The van der Waals surface area contributed by atoms with Crippen LogP contribution in [-0.4, -0.2) is 6.71 Å². The summed E-state index contributed by atoms with van der Waals surface area (Å²) in [7, 11) is 0. The monoisotopic (exact) mass is 908 g/mol. The van der Waals surface area contributed by atoms with E-state index >= 15 is 0 Å². The van der Waals surface area contributed by atoms with Crippen molar-refractivity contribution < 1.29 is 4.42 Å². The summed E-state index contributed by atoms with van der Waals surface area (Å²) in [5.74, 6) is 0. The molecule has 0 spiro atoms. The summed E-state index contributed by atoms with van der Waals surface area (Å²) in [5.41, 5.74) is 23.1. The lowest BCUT2D eigenvalue weighted by Gasteiger charge is -2.47. The first-order valence-corrected chi connectivity index (χ1v) is 25.6. The Hall–Kier alpha value is -5.99. The van der Waals surface area contributed by atoms with Gasteiger partial charge in [-0.15, -0.1) is 0 Å². The smallest absolute Gasteiger partial charge is 0.297 e. The molecule has 4 nitrogen and oxygen atoms in total. The fourth-order valence-corrected chi connectivity index (χ4v) is 12.6. The first-order valence-electron chi connectivity index (χ1n) is 25.6. The van der Waals surface area contributed by atoms with Crippen LogP contribution in [0.1, 0.15) is 167 Å². The Morgan fingerprint density at radius 2 is 1.07 bits per heavy atom. The molecule has 7 aromatic rings. The minimum Gasteiger partial charge on any atom is -0.468 e.